The summed E-state index contributed by atoms with van der Waals surface area (Å²) < 4.78 is 0. The normalized spacial score (nSPS) is 19.6. The van der Waals surface area contributed by atoms with Gasteiger partial charge in [0, 0.05) is 13.0 Å². The van der Waals surface area contributed by atoms with Gasteiger partial charge in [-0.2, -0.15) is 0 Å². The second-order valence-electron chi connectivity index (χ2n) is 7.25. The van der Waals surface area contributed by atoms with Gasteiger partial charge in [-0.05, 0) is 42.7 Å². The van der Waals surface area contributed by atoms with Crippen LogP contribution in [-0.4, -0.2) is 23.5 Å². The van der Waals surface area contributed by atoms with E-state index in [1.807, 2.05) is 49.4 Å². The SMILES string of the molecule is Cc1cccc(CC(CNC(=O)C[C@@H]2C[C@H]2c2ccccc2)C(=O)O)c1. The molecule has 2 aromatic rings. The predicted molar refractivity (Wildman–Crippen MR) is 101 cm³/mol. The number of rotatable bonds is 8. The molecule has 136 valence electrons. The molecular formula is C22H25NO3. The Morgan fingerprint density at radius 1 is 1.15 bits per heavy atom. The van der Waals surface area contributed by atoms with Crippen molar-refractivity contribution in [1.82, 2.24) is 5.32 Å². The molecular weight excluding hydrogens is 326 g/mol. The largest absolute Gasteiger partial charge is 0.481 e. The Bertz CT molecular complexity index is 772. The molecule has 0 radical (unpaired) electrons. The smallest absolute Gasteiger partial charge is 0.308 e. The first-order valence-electron chi connectivity index (χ1n) is 9.13. The van der Waals surface area contributed by atoms with Crippen LogP contribution in [0.2, 0.25) is 0 Å². The minimum Gasteiger partial charge on any atom is -0.481 e. The van der Waals surface area contributed by atoms with Gasteiger partial charge in [0.05, 0.1) is 5.92 Å². The molecule has 26 heavy (non-hydrogen) atoms. The van der Waals surface area contributed by atoms with Crippen LogP contribution in [0.15, 0.2) is 54.6 Å². The minimum absolute atomic E-state index is 0.0519. The highest BCUT2D eigenvalue weighted by Crippen LogP contribution is 2.49. The lowest BCUT2D eigenvalue weighted by molar-refractivity contribution is -0.141. The number of aliphatic carboxylic acids is 1. The van der Waals surface area contributed by atoms with Crippen LogP contribution in [0, 0.1) is 18.8 Å². The van der Waals surface area contributed by atoms with Gasteiger partial charge in [0.2, 0.25) is 5.91 Å². The molecule has 2 N–H and O–H groups in total. The Morgan fingerprint density at radius 2 is 1.92 bits per heavy atom. The Balaban J connectivity index is 1.47. The minimum atomic E-state index is -0.875. The molecule has 2 aromatic carbocycles. The molecule has 4 nitrogen and oxygen atoms in total. The number of carboxylic acids is 1. The molecule has 1 amide bonds. The van der Waals surface area contributed by atoms with Crippen LogP contribution in [0.3, 0.4) is 0 Å². The third kappa shape index (κ3) is 4.94. The third-order valence-electron chi connectivity index (χ3n) is 5.06. The summed E-state index contributed by atoms with van der Waals surface area (Å²) in [4.78, 5) is 23.7. The first kappa shape index (κ1) is 18.2. The Kier molecular flexibility index (Phi) is 5.71. The standard InChI is InChI=1S/C22H25NO3/c1-15-6-5-7-16(10-15)11-19(22(25)26)14-23-21(24)13-18-12-20(18)17-8-3-2-4-9-17/h2-10,18-20H,11-14H2,1H3,(H,23,24)(H,25,26)/t18-,19?,20-/m0/s1. The fraction of sp³-hybridized carbons (Fsp3) is 0.364. The van der Waals surface area contributed by atoms with E-state index in [1.165, 1.54) is 5.56 Å². The van der Waals surface area contributed by atoms with Crippen molar-refractivity contribution < 1.29 is 14.7 Å². The lowest BCUT2D eigenvalue weighted by atomic mass is 9.98. The maximum absolute atomic E-state index is 12.2. The van der Waals surface area contributed by atoms with Crippen LogP contribution in [0.25, 0.3) is 0 Å². The quantitative estimate of drug-likeness (QED) is 0.764. The zero-order chi connectivity index (χ0) is 18.5. The summed E-state index contributed by atoms with van der Waals surface area (Å²) in [5, 5.41) is 12.3. The third-order valence-corrected chi connectivity index (χ3v) is 5.06. The number of nitrogens with one attached hydrogen (secondary N) is 1. The zero-order valence-electron chi connectivity index (χ0n) is 15.0. The summed E-state index contributed by atoms with van der Waals surface area (Å²) in [5.41, 5.74) is 3.38. The van der Waals surface area contributed by atoms with Gasteiger partial charge in [0.15, 0.2) is 0 Å². The molecule has 0 heterocycles. The van der Waals surface area contributed by atoms with E-state index in [-0.39, 0.29) is 12.5 Å². The summed E-state index contributed by atoms with van der Waals surface area (Å²) >= 11 is 0. The number of carboxylic acid groups (broad SMARTS) is 1. The molecule has 3 atom stereocenters. The maximum Gasteiger partial charge on any atom is 0.308 e. The summed E-state index contributed by atoms with van der Waals surface area (Å²) in [7, 11) is 0. The lowest BCUT2D eigenvalue weighted by Gasteiger charge is -2.14. The van der Waals surface area contributed by atoms with Gasteiger partial charge in [0.1, 0.15) is 0 Å². The zero-order valence-corrected chi connectivity index (χ0v) is 15.0. The van der Waals surface area contributed by atoms with Gasteiger partial charge < -0.3 is 10.4 Å². The molecule has 4 heteroatoms. The molecule has 1 saturated carbocycles. The summed E-state index contributed by atoms with van der Waals surface area (Å²) in [5.74, 6) is -0.698. The van der Waals surface area contributed by atoms with Gasteiger partial charge in [0.25, 0.3) is 0 Å². The second kappa shape index (κ2) is 8.17. The highest BCUT2D eigenvalue weighted by Gasteiger charge is 2.39. The molecule has 0 aromatic heterocycles. The van der Waals surface area contributed by atoms with E-state index in [9.17, 15) is 14.7 Å². The van der Waals surface area contributed by atoms with Gasteiger partial charge in [-0.25, -0.2) is 0 Å². The molecule has 1 aliphatic rings. The van der Waals surface area contributed by atoms with Gasteiger partial charge in [-0.15, -0.1) is 0 Å². The van der Waals surface area contributed by atoms with Crippen LogP contribution in [-0.2, 0) is 16.0 Å². The number of amides is 1. The highest BCUT2D eigenvalue weighted by atomic mass is 16.4. The van der Waals surface area contributed by atoms with E-state index in [2.05, 4.69) is 17.4 Å². The van der Waals surface area contributed by atoms with Crippen molar-refractivity contribution in [3.63, 3.8) is 0 Å². The number of carbonyl (C=O) groups excluding carboxylic acids is 1. The van der Waals surface area contributed by atoms with Crippen LogP contribution in [0.4, 0.5) is 0 Å². The fourth-order valence-electron chi connectivity index (χ4n) is 3.50. The van der Waals surface area contributed by atoms with E-state index < -0.39 is 11.9 Å². The van der Waals surface area contributed by atoms with E-state index in [4.69, 9.17) is 0 Å². The maximum atomic E-state index is 12.2. The summed E-state index contributed by atoms with van der Waals surface area (Å²) in [6.07, 6.45) is 1.92. The monoisotopic (exact) mass is 351 g/mol. The number of carbonyl (C=O) groups is 2. The fourth-order valence-corrected chi connectivity index (χ4v) is 3.50. The Labute approximate surface area is 154 Å². The molecule has 0 spiro atoms. The Morgan fingerprint density at radius 3 is 2.62 bits per heavy atom. The predicted octanol–water partition coefficient (Wildman–Crippen LogP) is 3.55. The van der Waals surface area contributed by atoms with E-state index in [0.29, 0.717) is 24.7 Å². The van der Waals surface area contributed by atoms with Crippen molar-refractivity contribution in [3.05, 3.63) is 71.3 Å². The molecule has 0 bridgehead atoms. The number of hydrogen-bond acceptors (Lipinski definition) is 2. The van der Waals surface area contributed by atoms with Crippen LogP contribution in [0.1, 0.15) is 35.4 Å². The van der Waals surface area contributed by atoms with Crippen molar-refractivity contribution in [2.24, 2.45) is 11.8 Å². The molecule has 0 saturated heterocycles. The van der Waals surface area contributed by atoms with Gasteiger partial charge >= 0.3 is 5.97 Å². The van der Waals surface area contributed by atoms with Gasteiger partial charge in [-0.1, -0.05) is 60.2 Å². The van der Waals surface area contributed by atoms with Crippen molar-refractivity contribution in [1.29, 1.82) is 0 Å². The molecule has 1 unspecified atom stereocenters. The van der Waals surface area contributed by atoms with Crippen molar-refractivity contribution in [3.8, 4) is 0 Å². The number of hydrogen-bond donors (Lipinski definition) is 2. The molecule has 1 fully saturated rings. The Hall–Kier alpha value is -2.62. The second-order valence-corrected chi connectivity index (χ2v) is 7.25. The molecule has 1 aliphatic carbocycles. The molecule has 3 rings (SSSR count). The van der Waals surface area contributed by atoms with Crippen molar-refractivity contribution in [2.75, 3.05) is 6.54 Å². The van der Waals surface area contributed by atoms with E-state index in [1.54, 1.807) is 0 Å². The van der Waals surface area contributed by atoms with E-state index in [0.717, 1.165) is 17.5 Å². The number of benzene rings is 2. The molecule has 0 aliphatic heterocycles. The van der Waals surface area contributed by atoms with Gasteiger partial charge in [-0.3, -0.25) is 9.59 Å². The topological polar surface area (TPSA) is 66.4 Å². The average molecular weight is 351 g/mol. The summed E-state index contributed by atoms with van der Waals surface area (Å²) in [6.45, 7) is 2.16. The van der Waals surface area contributed by atoms with Crippen LogP contribution >= 0.6 is 0 Å². The van der Waals surface area contributed by atoms with Crippen molar-refractivity contribution >= 4 is 11.9 Å². The average Bonchev–Trinajstić information content (AvgIpc) is 3.38. The number of aryl methyl sites for hydroxylation is 1. The highest BCUT2D eigenvalue weighted by molar-refractivity contribution is 5.78. The van der Waals surface area contributed by atoms with Crippen molar-refractivity contribution in [2.45, 2.75) is 32.1 Å². The van der Waals surface area contributed by atoms with Crippen LogP contribution in [0.5, 0.6) is 0 Å². The van der Waals surface area contributed by atoms with E-state index >= 15 is 0 Å². The summed E-state index contributed by atoms with van der Waals surface area (Å²) in [6, 6.07) is 18.1. The lowest BCUT2D eigenvalue weighted by Crippen LogP contribution is -2.34. The first-order chi connectivity index (χ1) is 12.5. The van der Waals surface area contributed by atoms with Crippen LogP contribution < -0.4 is 5.32 Å². The first-order valence-corrected chi connectivity index (χ1v) is 9.13.